The maximum absolute atomic E-state index is 13.0. The Labute approximate surface area is 158 Å². The molecule has 27 heavy (non-hydrogen) atoms. The highest BCUT2D eigenvalue weighted by molar-refractivity contribution is 5.96. The second-order valence-corrected chi connectivity index (χ2v) is 6.74. The van der Waals surface area contributed by atoms with Gasteiger partial charge in [0.25, 0.3) is 0 Å². The van der Waals surface area contributed by atoms with Gasteiger partial charge in [0, 0.05) is 0 Å². The molecule has 0 spiro atoms. The first-order valence-corrected chi connectivity index (χ1v) is 8.83. The molecule has 1 N–H and O–H groups in total. The fourth-order valence-corrected chi connectivity index (χ4v) is 2.88. The number of cyclic esters (lactones) is 1. The zero-order valence-corrected chi connectivity index (χ0v) is 15.7. The quantitative estimate of drug-likeness (QED) is 0.735. The lowest BCUT2D eigenvalue weighted by atomic mass is 9.94. The van der Waals surface area contributed by atoms with Crippen molar-refractivity contribution in [1.29, 1.82) is 0 Å². The first kappa shape index (κ1) is 20.6. The monoisotopic (exact) mass is 375 g/mol. The number of carbonyl (C=O) groups excluding carboxylic acids is 3. The van der Waals surface area contributed by atoms with Gasteiger partial charge in [0.1, 0.15) is 6.61 Å². The van der Waals surface area contributed by atoms with Crippen LogP contribution in [0, 0.1) is 11.8 Å². The van der Waals surface area contributed by atoms with Crippen LogP contribution in [-0.2, 0) is 19.1 Å². The number of benzene rings is 1. The van der Waals surface area contributed by atoms with Gasteiger partial charge in [0.05, 0.1) is 31.6 Å². The van der Waals surface area contributed by atoms with E-state index in [1.165, 1.54) is 13.2 Å². The lowest BCUT2D eigenvalue weighted by molar-refractivity contribution is -0.148. The summed E-state index contributed by atoms with van der Waals surface area (Å²) in [6.45, 7) is 3.84. The average molecular weight is 375 g/mol. The van der Waals surface area contributed by atoms with E-state index in [0.717, 1.165) is 10.5 Å². The van der Waals surface area contributed by atoms with Gasteiger partial charge in [-0.25, -0.2) is 9.69 Å². The number of methoxy groups -OCH3 is 1. The highest BCUT2D eigenvalue weighted by Gasteiger charge is 2.44. The molecule has 0 bridgehead atoms. The van der Waals surface area contributed by atoms with Crippen molar-refractivity contribution < 1.29 is 29.0 Å². The Morgan fingerprint density at radius 3 is 2.59 bits per heavy atom. The Kier molecular flexibility index (Phi) is 7.12. The third kappa shape index (κ3) is 5.17. The lowest BCUT2D eigenvalue weighted by Crippen LogP contribution is -2.47. The van der Waals surface area contributed by atoms with Crippen molar-refractivity contribution in [3.8, 4) is 0 Å². The van der Waals surface area contributed by atoms with Crippen LogP contribution in [0.2, 0.25) is 0 Å². The highest BCUT2D eigenvalue weighted by Crippen LogP contribution is 2.25. The van der Waals surface area contributed by atoms with Crippen molar-refractivity contribution in [3.63, 3.8) is 0 Å². The molecule has 7 heteroatoms. The Morgan fingerprint density at radius 1 is 1.33 bits per heavy atom. The molecular weight excluding hydrogens is 350 g/mol. The van der Waals surface area contributed by atoms with Gasteiger partial charge in [-0.05, 0) is 11.5 Å². The summed E-state index contributed by atoms with van der Waals surface area (Å²) in [5.41, 5.74) is 0.835. The number of hydrogen-bond donors (Lipinski definition) is 1. The number of hydrogen-bond acceptors (Lipinski definition) is 6. The van der Waals surface area contributed by atoms with Crippen molar-refractivity contribution in [2.24, 2.45) is 11.8 Å². The maximum Gasteiger partial charge on any atom is 0.416 e. The fourth-order valence-electron chi connectivity index (χ4n) is 2.88. The normalized spacial score (nSPS) is 19.2. The van der Waals surface area contributed by atoms with Crippen LogP contribution in [0.1, 0.15) is 25.8 Å². The van der Waals surface area contributed by atoms with Crippen LogP contribution in [0.25, 0.3) is 6.08 Å². The minimum atomic E-state index is -1.27. The second kappa shape index (κ2) is 9.32. The predicted molar refractivity (Wildman–Crippen MR) is 98.4 cm³/mol. The fraction of sp³-hybridized carbons (Fsp3) is 0.450. The number of esters is 1. The molecule has 3 atom stereocenters. The first-order valence-electron chi connectivity index (χ1n) is 8.83. The molecule has 1 heterocycles. The van der Waals surface area contributed by atoms with Crippen LogP contribution in [0.3, 0.4) is 0 Å². The van der Waals surface area contributed by atoms with Gasteiger partial charge in [-0.2, -0.15) is 0 Å². The topological polar surface area (TPSA) is 93.1 Å². The van der Waals surface area contributed by atoms with Gasteiger partial charge >= 0.3 is 12.1 Å². The first-order chi connectivity index (χ1) is 12.8. The maximum atomic E-state index is 13.0. The van der Waals surface area contributed by atoms with E-state index < -0.39 is 36.0 Å². The lowest BCUT2D eigenvalue weighted by Gasteiger charge is -2.27. The van der Waals surface area contributed by atoms with Gasteiger partial charge in [0.15, 0.2) is 0 Å². The Hall–Kier alpha value is -2.67. The number of nitrogens with zero attached hydrogens (tertiary/aromatic N) is 1. The van der Waals surface area contributed by atoms with Crippen LogP contribution in [0.15, 0.2) is 36.4 Å². The van der Waals surface area contributed by atoms with Crippen LogP contribution >= 0.6 is 0 Å². The molecule has 0 aliphatic carbocycles. The number of aliphatic hydroxyl groups is 1. The number of aliphatic hydroxyl groups excluding tert-OH is 1. The standard InChI is InChI=1S/C20H25NO6/c1-13(2)16-12-27-20(25)21(16)19(24)15(11-18(23)26-3)17(22)10-9-14-7-5-4-6-8-14/h4-10,13,15-17,22H,11-12H2,1-3H3/b10-9+/t15-,16-,17-/m1/s1. The summed E-state index contributed by atoms with van der Waals surface area (Å²) >= 11 is 0. The van der Waals surface area contributed by atoms with E-state index in [9.17, 15) is 19.5 Å². The molecule has 1 aromatic rings. The van der Waals surface area contributed by atoms with E-state index in [2.05, 4.69) is 4.74 Å². The van der Waals surface area contributed by atoms with Gasteiger partial charge in [-0.15, -0.1) is 0 Å². The molecule has 1 aromatic carbocycles. The Balaban J connectivity index is 2.24. The summed E-state index contributed by atoms with van der Waals surface area (Å²) in [6, 6.07) is 8.80. The molecule has 1 aliphatic rings. The number of amides is 2. The SMILES string of the molecule is COC(=O)C[C@@H](C(=O)N1C(=O)OC[C@@H]1C(C)C)[C@H](O)/C=C/c1ccccc1. The zero-order chi connectivity index (χ0) is 20.0. The van der Waals surface area contributed by atoms with Crippen molar-refractivity contribution in [1.82, 2.24) is 4.90 Å². The van der Waals surface area contributed by atoms with E-state index in [0.29, 0.717) is 0 Å². The highest BCUT2D eigenvalue weighted by atomic mass is 16.6. The molecule has 0 radical (unpaired) electrons. The predicted octanol–water partition coefficient (Wildman–Crippen LogP) is 2.24. The molecule has 7 nitrogen and oxygen atoms in total. The number of rotatable bonds is 7. The summed E-state index contributed by atoms with van der Waals surface area (Å²) in [6.07, 6.45) is 0.729. The van der Waals surface area contributed by atoms with Crippen molar-refractivity contribution in [2.45, 2.75) is 32.4 Å². The molecule has 0 aromatic heterocycles. The van der Waals surface area contributed by atoms with Gasteiger partial charge < -0.3 is 14.6 Å². The van der Waals surface area contributed by atoms with Crippen LogP contribution in [0.4, 0.5) is 4.79 Å². The van der Waals surface area contributed by atoms with Gasteiger partial charge in [0.2, 0.25) is 5.91 Å². The molecular formula is C20H25NO6. The Morgan fingerprint density at radius 2 is 2.00 bits per heavy atom. The van der Waals surface area contributed by atoms with Crippen molar-refractivity contribution in [3.05, 3.63) is 42.0 Å². The van der Waals surface area contributed by atoms with Crippen molar-refractivity contribution >= 4 is 24.0 Å². The molecule has 0 unspecified atom stereocenters. The summed E-state index contributed by atoms with van der Waals surface area (Å²) in [5.74, 6) is -2.46. The van der Waals surface area contributed by atoms with Gasteiger partial charge in [-0.1, -0.05) is 56.3 Å². The van der Waals surface area contributed by atoms with E-state index in [4.69, 9.17) is 4.74 Å². The summed E-state index contributed by atoms with van der Waals surface area (Å²) in [5, 5.41) is 10.6. The molecule has 1 aliphatic heterocycles. The number of carbonyl (C=O) groups is 3. The number of imide groups is 1. The Bertz CT molecular complexity index is 700. The average Bonchev–Trinajstić information content (AvgIpc) is 3.06. The van der Waals surface area contributed by atoms with Crippen LogP contribution in [0.5, 0.6) is 0 Å². The molecule has 2 rings (SSSR count). The van der Waals surface area contributed by atoms with E-state index >= 15 is 0 Å². The third-order valence-corrected chi connectivity index (χ3v) is 4.54. The van der Waals surface area contributed by atoms with E-state index in [1.54, 1.807) is 6.08 Å². The summed E-state index contributed by atoms with van der Waals surface area (Å²) < 4.78 is 9.65. The number of ether oxygens (including phenoxy) is 2. The molecule has 2 amide bonds. The van der Waals surface area contributed by atoms with Gasteiger partial charge in [-0.3, -0.25) is 9.59 Å². The van der Waals surface area contributed by atoms with Crippen LogP contribution in [-0.4, -0.2) is 53.8 Å². The van der Waals surface area contributed by atoms with E-state index in [1.807, 2.05) is 44.2 Å². The van der Waals surface area contributed by atoms with E-state index in [-0.39, 0.29) is 18.9 Å². The zero-order valence-electron chi connectivity index (χ0n) is 15.7. The molecule has 0 saturated carbocycles. The van der Waals surface area contributed by atoms with Crippen LogP contribution < -0.4 is 0 Å². The summed E-state index contributed by atoms with van der Waals surface area (Å²) in [4.78, 5) is 37.8. The largest absolute Gasteiger partial charge is 0.469 e. The van der Waals surface area contributed by atoms with Crippen molar-refractivity contribution in [2.75, 3.05) is 13.7 Å². The second-order valence-electron chi connectivity index (χ2n) is 6.74. The molecule has 1 saturated heterocycles. The molecule has 146 valence electrons. The minimum absolute atomic E-state index is 0.0174. The smallest absolute Gasteiger partial charge is 0.416 e. The summed E-state index contributed by atoms with van der Waals surface area (Å²) in [7, 11) is 1.21. The minimum Gasteiger partial charge on any atom is -0.469 e. The third-order valence-electron chi connectivity index (χ3n) is 4.54. The molecule has 1 fully saturated rings.